The number of hydrogen-bond donors (Lipinski definition) is 0. The van der Waals surface area contributed by atoms with Crippen LogP contribution in [0.25, 0.3) is 0 Å². The average Bonchev–Trinajstić information content (AvgIpc) is 2.72. The molecule has 0 saturated heterocycles. The molecule has 0 spiro atoms. The highest BCUT2D eigenvalue weighted by molar-refractivity contribution is 8.01. The summed E-state index contributed by atoms with van der Waals surface area (Å²) < 4.78 is 0. The van der Waals surface area contributed by atoms with Gasteiger partial charge in [-0.2, -0.15) is 0 Å². The van der Waals surface area contributed by atoms with Crippen molar-refractivity contribution in [1.29, 1.82) is 0 Å². The lowest BCUT2D eigenvalue weighted by Gasteiger charge is -2.11. The van der Waals surface area contributed by atoms with Crippen LogP contribution in [0, 0.1) is 11.8 Å². The summed E-state index contributed by atoms with van der Waals surface area (Å²) >= 11 is 1.62. The summed E-state index contributed by atoms with van der Waals surface area (Å²) in [4.78, 5) is 36.0. The first-order chi connectivity index (χ1) is 10.4. The smallest absolute Gasteiger partial charge is 0.156 e. The van der Waals surface area contributed by atoms with Gasteiger partial charge in [-0.15, -0.1) is 11.8 Å². The summed E-state index contributed by atoms with van der Waals surface area (Å²) in [6.45, 7) is 8.13. The number of ketones is 3. The molecule has 0 aromatic carbocycles. The highest BCUT2D eigenvalue weighted by Crippen LogP contribution is 2.33. The Kier molecular flexibility index (Phi) is 8.37. The minimum atomic E-state index is -0.374. The van der Waals surface area contributed by atoms with Crippen molar-refractivity contribution in [3.8, 4) is 0 Å². The molecule has 1 aliphatic rings. The Balaban J connectivity index is 2.26. The molecule has 0 aromatic rings. The normalized spacial score (nSPS) is 23.3. The third-order valence-corrected chi connectivity index (χ3v) is 5.72. The average molecular weight is 327 g/mol. The first kappa shape index (κ1) is 19.4. The molecule has 4 heteroatoms. The van der Waals surface area contributed by atoms with Crippen LogP contribution >= 0.6 is 11.8 Å². The van der Waals surface area contributed by atoms with E-state index in [2.05, 4.69) is 13.8 Å². The van der Waals surface area contributed by atoms with E-state index in [9.17, 15) is 14.4 Å². The number of carbonyl (C=O) groups is 3. The van der Waals surface area contributed by atoms with E-state index in [1.807, 2.05) is 13.8 Å². The summed E-state index contributed by atoms with van der Waals surface area (Å²) in [6.07, 6.45) is 5.30. The van der Waals surface area contributed by atoms with E-state index in [1.54, 1.807) is 11.8 Å². The van der Waals surface area contributed by atoms with Crippen LogP contribution in [0.1, 0.15) is 72.6 Å². The van der Waals surface area contributed by atoms with Gasteiger partial charge >= 0.3 is 0 Å². The van der Waals surface area contributed by atoms with Gasteiger partial charge in [-0.05, 0) is 24.5 Å². The third-order valence-electron chi connectivity index (χ3n) is 4.45. The van der Waals surface area contributed by atoms with Gasteiger partial charge in [0.1, 0.15) is 11.6 Å². The molecule has 0 radical (unpaired) electrons. The molecule has 0 heterocycles. The molecule has 126 valence electrons. The van der Waals surface area contributed by atoms with E-state index in [0.717, 1.165) is 25.7 Å². The largest absolute Gasteiger partial charge is 0.299 e. The zero-order valence-electron chi connectivity index (χ0n) is 14.4. The quantitative estimate of drug-likeness (QED) is 0.445. The highest BCUT2D eigenvalue weighted by Gasteiger charge is 2.40. The lowest BCUT2D eigenvalue weighted by Crippen LogP contribution is -2.19. The molecule has 0 amide bonds. The molecule has 22 heavy (non-hydrogen) atoms. The third kappa shape index (κ3) is 5.86. The van der Waals surface area contributed by atoms with Gasteiger partial charge < -0.3 is 0 Å². The first-order valence-electron chi connectivity index (χ1n) is 8.61. The lowest BCUT2D eigenvalue weighted by molar-refractivity contribution is -0.127. The van der Waals surface area contributed by atoms with Gasteiger partial charge in [-0.25, -0.2) is 0 Å². The zero-order valence-corrected chi connectivity index (χ0v) is 15.2. The van der Waals surface area contributed by atoms with Crippen LogP contribution in [-0.2, 0) is 14.4 Å². The molecule has 0 N–H and O–H groups in total. The number of Topliss-reactive ketones (excluding diaryl/α,β-unsaturated/α-hetero) is 3. The van der Waals surface area contributed by atoms with Crippen LogP contribution < -0.4 is 0 Å². The van der Waals surface area contributed by atoms with E-state index in [-0.39, 0.29) is 28.7 Å². The molecule has 3 unspecified atom stereocenters. The molecule has 1 saturated carbocycles. The molecule has 0 aromatic heterocycles. The number of unbranched alkanes of at least 4 members (excludes halogenated alkanes) is 2. The number of rotatable bonds is 10. The minimum Gasteiger partial charge on any atom is -0.299 e. The van der Waals surface area contributed by atoms with E-state index >= 15 is 0 Å². The zero-order chi connectivity index (χ0) is 16.7. The molecular weight excluding hydrogens is 296 g/mol. The van der Waals surface area contributed by atoms with Crippen LogP contribution in [0.2, 0.25) is 0 Å². The van der Waals surface area contributed by atoms with Gasteiger partial charge in [-0.1, -0.05) is 40.5 Å². The van der Waals surface area contributed by atoms with Crippen LogP contribution in [0.15, 0.2) is 0 Å². The molecule has 1 rings (SSSR count). The summed E-state index contributed by atoms with van der Waals surface area (Å²) in [5, 5.41) is 0.261. The van der Waals surface area contributed by atoms with Crippen LogP contribution in [0.4, 0.5) is 0 Å². The fourth-order valence-corrected chi connectivity index (χ4v) is 4.07. The Hall–Kier alpha value is -0.640. The van der Waals surface area contributed by atoms with E-state index in [4.69, 9.17) is 0 Å². The topological polar surface area (TPSA) is 51.2 Å². The fraction of sp³-hybridized carbons (Fsp3) is 0.833. The van der Waals surface area contributed by atoms with Crippen molar-refractivity contribution < 1.29 is 14.4 Å². The predicted molar refractivity (Wildman–Crippen MR) is 92.2 cm³/mol. The Bertz CT molecular complexity index is 403. The summed E-state index contributed by atoms with van der Waals surface area (Å²) in [5.41, 5.74) is 0. The van der Waals surface area contributed by atoms with E-state index < -0.39 is 0 Å². The van der Waals surface area contributed by atoms with Gasteiger partial charge in [0, 0.05) is 18.8 Å². The van der Waals surface area contributed by atoms with Gasteiger partial charge in [-0.3, -0.25) is 14.4 Å². The van der Waals surface area contributed by atoms with E-state index in [1.165, 1.54) is 0 Å². The van der Waals surface area contributed by atoms with Crippen molar-refractivity contribution in [3.05, 3.63) is 0 Å². The first-order valence-corrected chi connectivity index (χ1v) is 9.55. The maximum absolute atomic E-state index is 12.3. The highest BCUT2D eigenvalue weighted by atomic mass is 32.2. The molecule has 3 nitrogen and oxygen atoms in total. The van der Waals surface area contributed by atoms with Crippen molar-refractivity contribution in [2.24, 2.45) is 11.8 Å². The maximum Gasteiger partial charge on any atom is 0.156 e. The SMILES string of the molecule is CCC(C)C(=O)CCCCCC1C(=O)CC(SC(C)C)C1=O. The van der Waals surface area contributed by atoms with Crippen molar-refractivity contribution in [3.63, 3.8) is 0 Å². The Morgan fingerprint density at radius 3 is 2.45 bits per heavy atom. The van der Waals surface area contributed by atoms with Crippen LogP contribution in [0.5, 0.6) is 0 Å². The van der Waals surface area contributed by atoms with Crippen molar-refractivity contribution in [1.82, 2.24) is 0 Å². The standard InChI is InChI=1S/C18H30O3S/c1-5-13(4)15(19)10-8-6-7-9-14-16(20)11-17(18(14)21)22-12(2)3/h12-14,17H,5-11H2,1-4H3. The second-order valence-electron chi connectivity index (χ2n) is 6.67. The number of hydrogen-bond acceptors (Lipinski definition) is 4. The lowest BCUT2D eigenvalue weighted by atomic mass is 9.95. The summed E-state index contributed by atoms with van der Waals surface area (Å²) in [6, 6.07) is 0. The molecule has 1 fully saturated rings. The Morgan fingerprint density at radius 2 is 1.86 bits per heavy atom. The predicted octanol–water partition coefficient (Wildman–Crippen LogP) is 4.22. The summed E-state index contributed by atoms with van der Waals surface area (Å²) in [7, 11) is 0. The van der Waals surface area contributed by atoms with Crippen molar-refractivity contribution in [2.75, 3.05) is 0 Å². The molecular formula is C18H30O3S. The fourth-order valence-electron chi connectivity index (χ4n) is 2.85. The molecule has 3 atom stereocenters. The monoisotopic (exact) mass is 326 g/mol. The van der Waals surface area contributed by atoms with Gasteiger partial charge in [0.2, 0.25) is 0 Å². The number of thioether (sulfide) groups is 1. The van der Waals surface area contributed by atoms with Crippen molar-refractivity contribution >= 4 is 29.1 Å². The number of carbonyl (C=O) groups excluding carboxylic acids is 3. The van der Waals surface area contributed by atoms with Gasteiger partial charge in [0.15, 0.2) is 5.78 Å². The van der Waals surface area contributed by atoms with Gasteiger partial charge in [0.05, 0.1) is 11.2 Å². The second kappa shape index (κ2) is 9.49. The summed E-state index contributed by atoms with van der Waals surface area (Å²) in [5.74, 6) is 0.385. The van der Waals surface area contributed by atoms with Crippen LogP contribution in [0.3, 0.4) is 0 Å². The Morgan fingerprint density at radius 1 is 1.18 bits per heavy atom. The van der Waals surface area contributed by atoms with E-state index in [0.29, 0.717) is 30.3 Å². The molecule has 0 aliphatic heterocycles. The molecule has 0 bridgehead atoms. The second-order valence-corrected chi connectivity index (χ2v) is 8.46. The van der Waals surface area contributed by atoms with Crippen molar-refractivity contribution in [2.45, 2.75) is 83.1 Å². The maximum atomic E-state index is 12.3. The van der Waals surface area contributed by atoms with Crippen LogP contribution in [-0.4, -0.2) is 27.8 Å². The van der Waals surface area contributed by atoms with Gasteiger partial charge in [0.25, 0.3) is 0 Å². The minimum absolute atomic E-state index is 0.121. The molecule has 1 aliphatic carbocycles. The Labute approximate surface area is 139 Å².